The van der Waals surface area contributed by atoms with E-state index in [9.17, 15) is 9.59 Å². The summed E-state index contributed by atoms with van der Waals surface area (Å²) >= 11 is 0. The van der Waals surface area contributed by atoms with Crippen molar-refractivity contribution in [3.8, 4) is 0 Å². The van der Waals surface area contributed by atoms with Crippen LogP contribution < -0.4 is 10.6 Å². The van der Waals surface area contributed by atoms with Crippen LogP contribution >= 0.6 is 0 Å². The van der Waals surface area contributed by atoms with Crippen molar-refractivity contribution in [3.63, 3.8) is 0 Å². The highest BCUT2D eigenvalue weighted by molar-refractivity contribution is 5.91. The SMILES string of the molecule is CC(=O)Nc1ccc(NC(=O)N2CC[C@H](CN3CCCCC3)C2)cc1. The third-order valence-corrected chi connectivity index (χ3v) is 4.99. The summed E-state index contributed by atoms with van der Waals surface area (Å²) in [6.45, 7) is 6.69. The van der Waals surface area contributed by atoms with Gasteiger partial charge >= 0.3 is 6.03 Å². The summed E-state index contributed by atoms with van der Waals surface area (Å²) < 4.78 is 0. The summed E-state index contributed by atoms with van der Waals surface area (Å²) in [5.74, 6) is 0.486. The second kappa shape index (κ2) is 8.34. The van der Waals surface area contributed by atoms with Gasteiger partial charge in [0.2, 0.25) is 5.91 Å². The summed E-state index contributed by atoms with van der Waals surface area (Å²) in [5.41, 5.74) is 1.48. The van der Waals surface area contributed by atoms with E-state index in [-0.39, 0.29) is 11.9 Å². The number of urea groups is 1. The quantitative estimate of drug-likeness (QED) is 0.882. The average molecular weight is 344 g/mol. The number of nitrogens with one attached hydrogen (secondary N) is 2. The highest BCUT2D eigenvalue weighted by atomic mass is 16.2. The normalized spacial score (nSPS) is 21.2. The fourth-order valence-corrected chi connectivity index (χ4v) is 3.72. The molecular formula is C19H28N4O2. The lowest BCUT2D eigenvalue weighted by Crippen LogP contribution is -2.37. The maximum atomic E-state index is 12.4. The Balaban J connectivity index is 1.46. The number of hydrogen-bond acceptors (Lipinski definition) is 3. The molecule has 2 heterocycles. The topological polar surface area (TPSA) is 64.7 Å². The number of anilines is 2. The Morgan fingerprint density at radius 2 is 1.64 bits per heavy atom. The lowest BCUT2D eigenvalue weighted by atomic mass is 10.1. The van der Waals surface area contributed by atoms with Gasteiger partial charge in [-0.2, -0.15) is 0 Å². The molecule has 0 saturated carbocycles. The smallest absolute Gasteiger partial charge is 0.321 e. The van der Waals surface area contributed by atoms with Crippen molar-refractivity contribution in [2.75, 3.05) is 43.4 Å². The van der Waals surface area contributed by atoms with E-state index >= 15 is 0 Å². The summed E-state index contributed by atoms with van der Waals surface area (Å²) in [7, 11) is 0. The van der Waals surface area contributed by atoms with Crippen LogP contribution in [0.4, 0.5) is 16.2 Å². The molecule has 0 aromatic heterocycles. The minimum Gasteiger partial charge on any atom is -0.326 e. The highest BCUT2D eigenvalue weighted by Crippen LogP contribution is 2.21. The minimum atomic E-state index is -0.103. The van der Waals surface area contributed by atoms with Gasteiger partial charge in [-0.3, -0.25) is 4.79 Å². The highest BCUT2D eigenvalue weighted by Gasteiger charge is 2.28. The van der Waals surface area contributed by atoms with Crippen LogP contribution in [-0.4, -0.2) is 54.5 Å². The molecule has 3 rings (SSSR count). The largest absolute Gasteiger partial charge is 0.326 e. The first-order valence-corrected chi connectivity index (χ1v) is 9.26. The van der Waals surface area contributed by atoms with E-state index in [1.807, 2.05) is 17.0 Å². The first-order chi connectivity index (χ1) is 12.1. The van der Waals surface area contributed by atoms with Gasteiger partial charge in [-0.1, -0.05) is 6.42 Å². The van der Waals surface area contributed by atoms with Gasteiger partial charge in [0.15, 0.2) is 0 Å². The Hall–Kier alpha value is -2.08. The van der Waals surface area contributed by atoms with Crippen LogP contribution in [0.25, 0.3) is 0 Å². The molecule has 1 atom stereocenters. The second-order valence-corrected chi connectivity index (χ2v) is 7.15. The molecular weight excluding hydrogens is 316 g/mol. The van der Waals surface area contributed by atoms with Crippen LogP contribution in [0.1, 0.15) is 32.6 Å². The maximum absolute atomic E-state index is 12.4. The first-order valence-electron chi connectivity index (χ1n) is 9.26. The summed E-state index contributed by atoms with van der Waals surface area (Å²) in [6, 6.07) is 7.17. The average Bonchev–Trinajstić information content (AvgIpc) is 3.06. The predicted molar refractivity (Wildman–Crippen MR) is 99.7 cm³/mol. The van der Waals surface area contributed by atoms with Gasteiger partial charge in [0.25, 0.3) is 0 Å². The number of carbonyl (C=O) groups is 2. The molecule has 2 saturated heterocycles. The van der Waals surface area contributed by atoms with E-state index in [1.165, 1.54) is 39.3 Å². The van der Waals surface area contributed by atoms with Gasteiger partial charge in [0.05, 0.1) is 0 Å². The molecule has 0 unspecified atom stereocenters. The molecule has 0 aliphatic carbocycles. The number of benzene rings is 1. The molecule has 1 aromatic carbocycles. The Kier molecular flexibility index (Phi) is 5.91. The van der Waals surface area contributed by atoms with Gasteiger partial charge in [0, 0.05) is 37.9 Å². The zero-order valence-electron chi connectivity index (χ0n) is 15.0. The van der Waals surface area contributed by atoms with E-state index in [0.29, 0.717) is 5.92 Å². The fraction of sp³-hybridized carbons (Fsp3) is 0.579. The number of amides is 3. The molecule has 3 amide bonds. The standard InChI is InChI=1S/C19H28N4O2/c1-15(24)20-17-5-7-18(8-6-17)21-19(25)23-12-9-16(14-23)13-22-10-3-2-4-11-22/h5-8,16H,2-4,9-14H2,1H3,(H,20,24)(H,21,25)/t16-/m1/s1. The van der Waals surface area contributed by atoms with Gasteiger partial charge in [0.1, 0.15) is 0 Å². The van der Waals surface area contributed by atoms with E-state index in [0.717, 1.165) is 37.4 Å². The van der Waals surface area contributed by atoms with E-state index in [1.54, 1.807) is 12.1 Å². The molecule has 136 valence electrons. The zero-order valence-corrected chi connectivity index (χ0v) is 15.0. The van der Waals surface area contributed by atoms with E-state index in [4.69, 9.17) is 0 Å². The van der Waals surface area contributed by atoms with E-state index in [2.05, 4.69) is 15.5 Å². The summed E-state index contributed by atoms with van der Waals surface area (Å²) in [6.07, 6.45) is 5.07. The first kappa shape index (κ1) is 17.7. The van der Waals surface area contributed by atoms with Crippen molar-refractivity contribution in [1.29, 1.82) is 0 Å². The van der Waals surface area contributed by atoms with Crippen LogP contribution in [0.2, 0.25) is 0 Å². The van der Waals surface area contributed by atoms with Crippen LogP contribution in [0.15, 0.2) is 24.3 Å². The fourth-order valence-electron chi connectivity index (χ4n) is 3.72. The van der Waals surface area contributed by atoms with Gasteiger partial charge in [-0.15, -0.1) is 0 Å². The van der Waals surface area contributed by atoms with Crippen molar-refractivity contribution in [1.82, 2.24) is 9.80 Å². The van der Waals surface area contributed by atoms with Gasteiger partial charge < -0.3 is 20.4 Å². The number of piperidine rings is 1. The van der Waals surface area contributed by atoms with Gasteiger partial charge in [-0.05, 0) is 62.5 Å². The molecule has 6 nitrogen and oxygen atoms in total. The number of nitrogens with zero attached hydrogens (tertiary/aromatic N) is 2. The lowest BCUT2D eigenvalue weighted by Gasteiger charge is -2.29. The molecule has 25 heavy (non-hydrogen) atoms. The number of likely N-dealkylation sites (tertiary alicyclic amines) is 2. The molecule has 2 aliphatic heterocycles. The van der Waals surface area contributed by atoms with Gasteiger partial charge in [-0.25, -0.2) is 4.79 Å². The van der Waals surface area contributed by atoms with Crippen molar-refractivity contribution in [2.24, 2.45) is 5.92 Å². The van der Waals surface area contributed by atoms with Crippen LogP contribution in [-0.2, 0) is 4.79 Å². The third-order valence-electron chi connectivity index (χ3n) is 4.99. The number of hydrogen-bond donors (Lipinski definition) is 2. The molecule has 6 heteroatoms. The molecule has 2 fully saturated rings. The Morgan fingerprint density at radius 1 is 1.00 bits per heavy atom. The molecule has 2 N–H and O–H groups in total. The molecule has 1 aromatic rings. The maximum Gasteiger partial charge on any atom is 0.321 e. The Bertz CT molecular complexity index is 596. The summed E-state index contributed by atoms with van der Waals surface area (Å²) in [4.78, 5) is 27.9. The van der Waals surface area contributed by atoms with Crippen LogP contribution in [0.3, 0.4) is 0 Å². The molecule has 2 aliphatic rings. The number of carbonyl (C=O) groups excluding carboxylic acids is 2. The Labute approximate surface area is 149 Å². The van der Waals surface area contributed by atoms with E-state index < -0.39 is 0 Å². The van der Waals surface area contributed by atoms with Crippen LogP contribution in [0.5, 0.6) is 0 Å². The lowest BCUT2D eigenvalue weighted by molar-refractivity contribution is -0.114. The predicted octanol–water partition coefficient (Wildman–Crippen LogP) is 2.98. The van der Waals surface area contributed by atoms with Crippen molar-refractivity contribution in [3.05, 3.63) is 24.3 Å². The zero-order chi connectivity index (χ0) is 17.6. The van der Waals surface area contributed by atoms with Crippen molar-refractivity contribution < 1.29 is 9.59 Å². The third kappa shape index (κ3) is 5.19. The van der Waals surface area contributed by atoms with Crippen molar-refractivity contribution in [2.45, 2.75) is 32.6 Å². The number of rotatable bonds is 4. The minimum absolute atomic E-state index is 0.0339. The van der Waals surface area contributed by atoms with Crippen LogP contribution in [0, 0.1) is 5.92 Å². The summed E-state index contributed by atoms with van der Waals surface area (Å²) in [5, 5.41) is 5.67. The molecule has 0 spiro atoms. The van der Waals surface area contributed by atoms with Crippen molar-refractivity contribution >= 4 is 23.3 Å². The molecule has 0 radical (unpaired) electrons. The second-order valence-electron chi connectivity index (χ2n) is 7.15. The molecule has 0 bridgehead atoms. The monoisotopic (exact) mass is 344 g/mol. The Morgan fingerprint density at radius 3 is 2.28 bits per heavy atom.